The smallest absolute Gasteiger partial charge is 0.255 e. The van der Waals surface area contributed by atoms with E-state index in [2.05, 4.69) is 9.97 Å². The van der Waals surface area contributed by atoms with Gasteiger partial charge in [0.1, 0.15) is 11.6 Å². The van der Waals surface area contributed by atoms with Crippen LogP contribution in [0.15, 0.2) is 64.3 Å². The van der Waals surface area contributed by atoms with Gasteiger partial charge in [-0.15, -0.1) is 0 Å². The highest BCUT2D eigenvalue weighted by Gasteiger charge is 2.30. The van der Waals surface area contributed by atoms with Crippen molar-refractivity contribution in [3.05, 3.63) is 87.6 Å². The van der Waals surface area contributed by atoms with Crippen LogP contribution in [-0.2, 0) is 29.4 Å². The number of hydrogen-bond donors (Lipinski definition) is 1. The van der Waals surface area contributed by atoms with Gasteiger partial charge in [-0.2, -0.15) is 4.31 Å². The number of rotatable bonds is 5. The standard InChI is InChI=1S/C21H21N3O4S/c1-28-16-9-7-15(8-10-16)13-20-22-19-11-12-24(14-18(19)21(25)23-20)29(26,27)17-5-3-2-4-6-17/h2-10H,11-14H2,1H3,(H,22,23,25). The molecule has 1 aliphatic rings. The summed E-state index contributed by atoms with van der Waals surface area (Å²) in [5.41, 5.74) is 1.79. The lowest BCUT2D eigenvalue weighted by atomic mass is 10.1. The van der Waals surface area contributed by atoms with Crippen LogP contribution in [-0.4, -0.2) is 36.3 Å². The molecule has 0 saturated carbocycles. The first-order valence-corrected chi connectivity index (χ1v) is 10.7. The second-order valence-corrected chi connectivity index (χ2v) is 8.80. The molecule has 2 aromatic carbocycles. The lowest BCUT2D eigenvalue weighted by molar-refractivity contribution is 0.384. The van der Waals surface area contributed by atoms with Gasteiger partial charge in [-0.3, -0.25) is 4.79 Å². The Balaban J connectivity index is 1.58. The Bertz CT molecular complexity index is 1170. The predicted molar refractivity (Wildman–Crippen MR) is 108 cm³/mol. The molecule has 0 unspecified atom stereocenters. The van der Waals surface area contributed by atoms with E-state index in [1.165, 1.54) is 4.31 Å². The van der Waals surface area contributed by atoms with Gasteiger partial charge in [0, 0.05) is 25.9 Å². The highest BCUT2D eigenvalue weighted by Crippen LogP contribution is 2.22. The Morgan fingerprint density at radius 1 is 1.10 bits per heavy atom. The number of H-pyrrole nitrogens is 1. The summed E-state index contributed by atoms with van der Waals surface area (Å²) in [6, 6.07) is 15.8. The number of fused-ring (bicyclic) bond motifs is 1. The minimum Gasteiger partial charge on any atom is -0.497 e. The summed E-state index contributed by atoms with van der Waals surface area (Å²) in [4.78, 5) is 20.3. The van der Waals surface area contributed by atoms with Crippen LogP contribution in [0.2, 0.25) is 0 Å². The monoisotopic (exact) mass is 411 g/mol. The van der Waals surface area contributed by atoms with Gasteiger partial charge < -0.3 is 9.72 Å². The molecular weight excluding hydrogens is 390 g/mol. The molecule has 0 spiro atoms. The quantitative estimate of drug-likeness (QED) is 0.694. The summed E-state index contributed by atoms with van der Waals surface area (Å²) in [5, 5.41) is 0. The number of methoxy groups -OCH3 is 1. The average Bonchev–Trinajstić information content (AvgIpc) is 2.74. The first-order chi connectivity index (χ1) is 14.0. The lowest BCUT2D eigenvalue weighted by Gasteiger charge is -2.27. The van der Waals surface area contributed by atoms with E-state index in [1.54, 1.807) is 37.4 Å². The van der Waals surface area contributed by atoms with Gasteiger partial charge in [0.05, 0.1) is 23.3 Å². The summed E-state index contributed by atoms with van der Waals surface area (Å²) in [7, 11) is -2.04. The fourth-order valence-electron chi connectivity index (χ4n) is 3.42. The van der Waals surface area contributed by atoms with E-state index in [-0.39, 0.29) is 17.0 Å². The number of hydrogen-bond acceptors (Lipinski definition) is 5. The molecule has 0 fully saturated rings. The van der Waals surface area contributed by atoms with Gasteiger partial charge >= 0.3 is 0 Å². The van der Waals surface area contributed by atoms with E-state index in [0.29, 0.717) is 36.5 Å². The molecular formula is C21H21N3O4S. The second-order valence-electron chi connectivity index (χ2n) is 6.86. The molecule has 1 aliphatic heterocycles. The minimum atomic E-state index is -3.65. The summed E-state index contributed by atoms with van der Waals surface area (Å²) in [6.07, 6.45) is 0.888. The maximum Gasteiger partial charge on any atom is 0.255 e. The van der Waals surface area contributed by atoms with Crippen molar-refractivity contribution in [1.82, 2.24) is 14.3 Å². The number of nitrogens with one attached hydrogen (secondary N) is 1. The normalized spacial score (nSPS) is 14.4. The molecule has 1 aromatic heterocycles. The molecule has 0 radical (unpaired) electrons. The largest absolute Gasteiger partial charge is 0.497 e. The topological polar surface area (TPSA) is 92.4 Å². The van der Waals surface area contributed by atoms with Crippen LogP contribution < -0.4 is 10.3 Å². The van der Waals surface area contributed by atoms with Gasteiger partial charge in [-0.25, -0.2) is 13.4 Å². The average molecular weight is 411 g/mol. The number of ether oxygens (including phenoxy) is 1. The van der Waals surface area contributed by atoms with Crippen LogP contribution >= 0.6 is 0 Å². The first kappa shape index (κ1) is 19.4. The molecule has 4 rings (SSSR count). The molecule has 8 heteroatoms. The molecule has 0 saturated heterocycles. The molecule has 7 nitrogen and oxygen atoms in total. The van der Waals surface area contributed by atoms with Crippen molar-refractivity contribution in [1.29, 1.82) is 0 Å². The van der Waals surface area contributed by atoms with Crippen LogP contribution in [0.4, 0.5) is 0 Å². The molecule has 0 bridgehead atoms. The Kier molecular flexibility index (Phi) is 5.21. The summed E-state index contributed by atoms with van der Waals surface area (Å²) < 4.78 is 32.2. The maximum atomic E-state index is 12.9. The third kappa shape index (κ3) is 3.94. The Hall–Kier alpha value is -2.97. The van der Waals surface area contributed by atoms with Crippen molar-refractivity contribution >= 4 is 10.0 Å². The van der Waals surface area contributed by atoms with Gasteiger partial charge in [0.2, 0.25) is 10.0 Å². The van der Waals surface area contributed by atoms with Crippen molar-refractivity contribution in [2.24, 2.45) is 0 Å². The van der Waals surface area contributed by atoms with E-state index in [9.17, 15) is 13.2 Å². The van der Waals surface area contributed by atoms with Crippen molar-refractivity contribution in [2.75, 3.05) is 13.7 Å². The van der Waals surface area contributed by atoms with Crippen molar-refractivity contribution in [2.45, 2.75) is 24.3 Å². The van der Waals surface area contributed by atoms with Gasteiger partial charge in [0.15, 0.2) is 0 Å². The maximum absolute atomic E-state index is 12.9. The van der Waals surface area contributed by atoms with Crippen molar-refractivity contribution in [3.63, 3.8) is 0 Å². The zero-order valence-corrected chi connectivity index (χ0v) is 16.8. The van der Waals surface area contributed by atoms with Crippen molar-refractivity contribution < 1.29 is 13.2 Å². The number of aromatic amines is 1. The van der Waals surface area contributed by atoms with Crippen LogP contribution in [0.1, 0.15) is 22.6 Å². The van der Waals surface area contributed by atoms with E-state index in [1.807, 2.05) is 24.3 Å². The fraction of sp³-hybridized carbons (Fsp3) is 0.238. The number of aromatic nitrogens is 2. The lowest BCUT2D eigenvalue weighted by Crippen LogP contribution is -2.39. The predicted octanol–water partition coefficient (Wildman–Crippen LogP) is 2.12. The molecule has 3 aromatic rings. The van der Waals surface area contributed by atoms with Crippen LogP contribution in [0, 0.1) is 0 Å². The highest BCUT2D eigenvalue weighted by atomic mass is 32.2. The Morgan fingerprint density at radius 2 is 1.83 bits per heavy atom. The highest BCUT2D eigenvalue weighted by molar-refractivity contribution is 7.89. The Labute approximate surface area is 169 Å². The van der Waals surface area contributed by atoms with Crippen LogP contribution in [0.25, 0.3) is 0 Å². The number of nitrogens with zero attached hydrogens (tertiary/aromatic N) is 2. The molecule has 0 atom stereocenters. The number of sulfonamides is 1. The van der Waals surface area contributed by atoms with Crippen molar-refractivity contribution in [3.8, 4) is 5.75 Å². The van der Waals surface area contributed by atoms with Gasteiger partial charge in [0.25, 0.3) is 5.56 Å². The SMILES string of the molecule is COc1ccc(Cc2nc3c(c(=O)[nH]2)CN(S(=O)(=O)c2ccccc2)CC3)cc1. The Morgan fingerprint density at radius 3 is 2.52 bits per heavy atom. The third-order valence-corrected chi connectivity index (χ3v) is 6.85. The molecule has 1 N–H and O–H groups in total. The molecule has 0 aliphatic carbocycles. The number of benzene rings is 2. The van der Waals surface area contributed by atoms with E-state index >= 15 is 0 Å². The molecule has 2 heterocycles. The van der Waals surface area contributed by atoms with Gasteiger partial charge in [-0.05, 0) is 29.8 Å². The second kappa shape index (κ2) is 7.81. The zero-order valence-electron chi connectivity index (χ0n) is 16.0. The molecule has 0 amide bonds. The van der Waals surface area contributed by atoms with E-state index < -0.39 is 10.0 Å². The zero-order chi connectivity index (χ0) is 20.4. The first-order valence-electron chi connectivity index (χ1n) is 9.26. The van der Waals surface area contributed by atoms with Crippen LogP contribution in [0.5, 0.6) is 5.75 Å². The third-order valence-electron chi connectivity index (χ3n) is 4.99. The summed E-state index contributed by atoms with van der Waals surface area (Å²) in [5.74, 6) is 1.33. The van der Waals surface area contributed by atoms with Gasteiger partial charge in [-0.1, -0.05) is 30.3 Å². The minimum absolute atomic E-state index is 0.0255. The van der Waals surface area contributed by atoms with E-state index in [0.717, 1.165) is 11.3 Å². The summed E-state index contributed by atoms with van der Waals surface area (Å²) >= 11 is 0. The fourth-order valence-corrected chi connectivity index (χ4v) is 4.85. The summed E-state index contributed by atoms with van der Waals surface area (Å²) in [6.45, 7) is 0.320. The molecule has 150 valence electrons. The van der Waals surface area contributed by atoms with E-state index in [4.69, 9.17) is 4.74 Å². The molecule has 29 heavy (non-hydrogen) atoms. The van der Waals surface area contributed by atoms with Crippen LogP contribution in [0.3, 0.4) is 0 Å².